The molecule has 0 aromatic heterocycles. The molecule has 1 N–H and O–H groups in total. The number of ether oxygens (including phenoxy) is 1. The van der Waals surface area contributed by atoms with Crippen molar-refractivity contribution >= 4 is 5.69 Å². The Morgan fingerprint density at radius 3 is 2.89 bits per heavy atom. The summed E-state index contributed by atoms with van der Waals surface area (Å²) in [5.74, 6) is 0.927. The van der Waals surface area contributed by atoms with Crippen LogP contribution < -0.4 is 15.0 Å². The molecule has 0 bridgehead atoms. The van der Waals surface area contributed by atoms with Gasteiger partial charge in [-0.25, -0.2) is 0 Å². The SMILES string of the molecule is CCC1(CN(C)c2cccc(OC)c2)CCCNC1. The van der Waals surface area contributed by atoms with E-state index in [1.165, 1.54) is 31.5 Å². The van der Waals surface area contributed by atoms with Crippen molar-refractivity contribution < 1.29 is 4.74 Å². The van der Waals surface area contributed by atoms with Crippen molar-refractivity contribution in [1.29, 1.82) is 0 Å². The average molecular weight is 262 g/mol. The Morgan fingerprint density at radius 1 is 1.42 bits per heavy atom. The lowest BCUT2D eigenvalue weighted by Crippen LogP contribution is -2.46. The van der Waals surface area contributed by atoms with Crippen molar-refractivity contribution in [2.24, 2.45) is 5.41 Å². The first-order valence-corrected chi connectivity index (χ1v) is 7.25. The molecule has 0 aliphatic carbocycles. The minimum Gasteiger partial charge on any atom is -0.497 e. The molecular formula is C16H26N2O. The molecule has 3 nitrogen and oxygen atoms in total. The van der Waals surface area contributed by atoms with Crippen molar-refractivity contribution in [3.63, 3.8) is 0 Å². The summed E-state index contributed by atoms with van der Waals surface area (Å²) in [7, 11) is 3.90. The highest BCUT2D eigenvalue weighted by Crippen LogP contribution is 2.32. The van der Waals surface area contributed by atoms with Gasteiger partial charge in [0.1, 0.15) is 5.75 Å². The van der Waals surface area contributed by atoms with Gasteiger partial charge in [0.05, 0.1) is 7.11 Å². The normalized spacial score (nSPS) is 23.1. The lowest BCUT2D eigenvalue weighted by Gasteiger charge is -2.40. The Balaban J connectivity index is 2.07. The predicted octanol–water partition coefficient (Wildman–Crippen LogP) is 2.91. The van der Waals surface area contributed by atoms with Crippen LogP contribution in [0.2, 0.25) is 0 Å². The van der Waals surface area contributed by atoms with E-state index in [1.807, 2.05) is 6.07 Å². The molecule has 1 aromatic carbocycles. The van der Waals surface area contributed by atoms with Crippen LogP contribution in [-0.4, -0.2) is 33.8 Å². The van der Waals surface area contributed by atoms with E-state index < -0.39 is 0 Å². The van der Waals surface area contributed by atoms with Crippen LogP contribution in [0, 0.1) is 5.41 Å². The highest BCUT2D eigenvalue weighted by molar-refractivity contribution is 5.50. The fourth-order valence-corrected chi connectivity index (χ4v) is 3.02. The van der Waals surface area contributed by atoms with Gasteiger partial charge in [0, 0.05) is 37.3 Å². The van der Waals surface area contributed by atoms with Gasteiger partial charge in [-0.15, -0.1) is 0 Å². The number of piperidine rings is 1. The smallest absolute Gasteiger partial charge is 0.120 e. The summed E-state index contributed by atoms with van der Waals surface area (Å²) in [6, 6.07) is 8.32. The molecule has 1 heterocycles. The molecule has 19 heavy (non-hydrogen) atoms. The number of nitrogens with one attached hydrogen (secondary N) is 1. The zero-order valence-electron chi connectivity index (χ0n) is 12.4. The van der Waals surface area contributed by atoms with Gasteiger partial charge >= 0.3 is 0 Å². The molecule has 1 fully saturated rings. The van der Waals surface area contributed by atoms with Crippen molar-refractivity contribution in [2.75, 3.05) is 38.7 Å². The van der Waals surface area contributed by atoms with E-state index in [4.69, 9.17) is 4.74 Å². The van der Waals surface area contributed by atoms with Crippen LogP contribution in [0.1, 0.15) is 26.2 Å². The molecule has 1 atom stereocenters. The molecule has 0 saturated carbocycles. The van der Waals surface area contributed by atoms with Gasteiger partial charge in [-0.3, -0.25) is 0 Å². The highest BCUT2D eigenvalue weighted by atomic mass is 16.5. The Kier molecular flexibility index (Phi) is 4.70. The van der Waals surface area contributed by atoms with Crippen LogP contribution in [0.4, 0.5) is 5.69 Å². The summed E-state index contributed by atoms with van der Waals surface area (Å²) in [4.78, 5) is 2.36. The van der Waals surface area contributed by atoms with Crippen molar-refractivity contribution in [1.82, 2.24) is 5.32 Å². The number of benzene rings is 1. The number of anilines is 1. The quantitative estimate of drug-likeness (QED) is 0.883. The molecule has 0 spiro atoms. The molecule has 1 aliphatic heterocycles. The second kappa shape index (κ2) is 6.29. The van der Waals surface area contributed by atoms with Crippen molar-refractivity contribution in [3.8, 4) is 5.75 Å². The first-order chi connectivity index (χ1) is 9.19. The number of hydrogen-bond donors (Lipinski definition) is 1. The van der Waals surface area contributed by atoms with E-state index >= 15 is 0 Å². The standard InChI is InChI=1S/C16H26N2O/c1-4-16(9-6-10-17-12-16)13-18(2)14-7-5-8-15(11-14)19-3/h5,7-8,11,17H,4,6,9-10,12-13H2,1-3H3. The second-order valence-corrected chi connectivity index (χ2v) is 5.69. The minimum absolute atomic E-state index is 0.413. The molecule has 0 radical (unpaired) electrons. The van der Waals surface area contributed by atoms with Crippen LogP contribution in [0.3, 0.4) is 0 Å². The van der Waals surface area contributed by atoms with Gasteiger partial charge < -0.3 is 15.0 Å². The van der Waals surface area contributed by atoms with Crippen LogP contribution in [0.25, 0.3) is 0 Å². The molecule has 1 aliphatic rings. The van der Waals surface area contributed by atoms with Crippen molar-refractivity contribution in [2.45, 2.75) is 26.2 Å². The molecule has 1 unspecified atom stereocenters. The van der Waals surface area contributed by atoms with Crippen molar-refractivity contribution in [3.05, 3.63) is 24.3 Å². The third kappa shape index (κ3) is 3.41. The van der Waals surface area contributed by atoms with E-state index in [9.17, 15) is 0 Å². The zero-order valence-corrected chi connectivity index (χ0v) is 12.4. The fraction of sp³-hybridized carbons (Fsp3) is 0.625. The number of hydrogen-bond acceptors (Lipinski definition) is 3. The Morgan fingerprint density at radius 2 is 2.26 bits per heavy atom. The van der Waals surface area contributed by atoms with E-state index in [2.05, 4.69) is 42.4 Å². The molecule has 1 saturated heterocycles. The van der Waals surface area contributed by atoms with E-state index in [-0.39, 0.29) is 0 Å². The molecule has 106 valence electrons. The number of methoxy groups -OCH3 is 1. The second-order valence-electron chi connectivity index (χ2n) is 5.69. The van der Waals surface area contributed by atoms with E-state index in [1.54, 1.807) is 7.11 Å². The van der Waals surface area contributed by atoms with E-state index in [0.717, 1.165) is 18.8 Å². The predicted molar refractivity (Wildman–Crippen MR) is 81.1 cm³/mol. The minimum atomic E-state index is 0.413. The molecular weight excluding hydrogens is 236 g/mol. The molecule has 0 amide bonds. The van der Waals surface area contributed by atoms with Crippen LogP contribution >= 0.6 is 0 Å². The summed E-state index contributed by atoms with van der Waals surface area (Å²) in [6.45, 7) is 5.72. The number of nitrogens with zero attached hydrogens (tertiary/aromatic N) is 1. The maximum Gasteiger partial charge on any atom is 0.120 e. The average Bonchev–Trinajstić information content (AvgIpc) is 2.48. The topological polar surface area (TPSA) is 24.5 Å². The van der Waals surface area contributed by atoms with Gasteiger partial charge in [0.15, 0.2) is 0 Å². The van der Waals surface area contributed by atoms with Gasteiger partial charge in [-0.05, 0) is 37.9 Å². The molecule has 3 heteroatoms. The first kappa shape index (κ1) is 14.2. The third-order valence-electron chi connectivity index (χ3n) is 4.38. The third-order valence-corrected chi connectivity index (χ3v) is 4.38. The van der Waals surface area contributed by atoms with Crippen LogP contribution in [0.5, 0.6) is 5.75 Å². The summed E-state index contributed by atoms with van der Waals surface area (Å²) >= 11 is 0. The lowest BCUT2D eigenvalue weighted by atomic mass is 9.78. The van der Waals surface area contributed by atoms with Gasteiger partial charge in [0.2, 0.25) is 0 Å². The molecule has 1 aromatic rings. The fourth-order valence-electron chi connectivity index (χ4n) is 3.02. The summed E-state index contributed by atoms with van der Waals surface area (Å²) in [5, 5.41) is 3.55. The Labute approximate surface area is 116 Å². The maximum atomic E-state index is 5.31. The van der Waals surface area contributed by atoms with Crippen LogP contribution in [-0.2, 0) is 0 Å². The summed E-state index contributed by atoms with van der Waals surface area (Å²) in [5.41, 5.74) is 1.65. The number of rotatable bonds is 5. The van der Waals surface area contributed by atoms with Gasteiger partial charge in [-0.2, -0.15) is 0 Å². The zero-order chi connectivity index (χ0) is 13.7. The van der Waals surface area contributed by atoms with Gasteiger partial charge in [-0.1, -0.05) is 13.0 Å². The van der Waals surface area contributed by atoms with Gasteiger partial charge in [0.25, 0.3) is 0 Å². The van der Waals surface area contributed by atoms with Crippen LogP contribution in [0.15, 0.2) is 24.3 Å². The maximum absolute atomic E-state index is 5.31. The van der Waals surface area contributed by atoms with E-state index in [0.29, 0.717) is 5.41 Å². The lowest BCUT2D eigenvalue weighted by molar-refractivity contribution is 0.207. The monoisotopic (exact) mass is 262 g/mol. The summed E-state index contributed by atoms with van der Waals surface area (Å²) < 4.78 is 5.31. The summed E-state index contributed by atoms with van der Waals surface area (Å²) in [6.07, 6.45) is 3.85. The largest absolute Gasteiger partial charge is 0.497 e. The first-order valence-electron chi connectivity index (χ1n) is 7.25. The Hall–Kier alpha value is -1.22. The Bertz CT molecular complexity index is 399. The highest BCUT2D eigenvalue weighted by Gasteiger charge is 2.31. The molecule has 2 rings (SSSR count).